The Labute approximate surface area is 226 Å². The molecule has 0 aromatic heterocycles. The van der Waals surface area contributed by atoms with E-state index in [-0.39, 0.29) is 18.2 Å². The molecule has 0 heterocycles. The first-order valence-corrected chi connectivity index (χ1v) is 12.7. The Morgan fingerprint density at radius 1 is 1.05 bits per heavy atom. The second kappa shape index (κ2) is 11.0. The number of alkyl halides is 3. The van der Waals surface area contributed by atoms with Crippen molar-refractivity contribution in [3.63, 3.8) is 0 Å². The Morgan fingerprint density at radius 3 is 2.31 bits per heavy atom. The van der Waals surface area contributed by atoms with Gasteiger partial charge < -0.3 is 19.5 Å². The van der Waals surface area contributed by atoms with Crippen LogP contribution in [-0.4, -0.2) is 28.6 Å². The lowest BCUT2D eigenvalue weighted by molar-refractivity contribution is -0.137. The fraction of sp³-hybridized carbons (Fsp3) is 0.323. The highest BCUT2D eigenvalue weighted by atomic mass is 19.4. The zero-order chi connectivity index (χ0) is 28.4. The first-order chi connectivity index (χ1) is 18.3. The van der Waals surface area contributed by atoms with Crippen LogP contribution in [0, 0.1) is 12.8 Å². The molecule has 1 unspecified atom stereocenters. The van der Waals surface area contributed by atoms with Crippen molar-refractivity contribution >= 4 is 5.91 Å². The molecule has 0 aliphatic heterocycles. The van der Waals surface area contributed by atoms with Crippen LogP contribution in [0.25, 0.3) is 0 Å². The number of aryl methyl sites for hydroxylation is 1. The van der Waals surface area contributed by atoms with Crippen LogP contribution in [-0.2, 0) is 12.7 Å². The Hall–Kier alpha value is -3.94. The molecule has 0 saturated heterocycles. The maximum atomic E-state index is 13.0. The number of carbonyl (C=O) groups is 1. The van der Waals surface area contributed by atoms with Crippen molar-refractivity contribution in [2.24, 2.45) is 5.92 Å². The highest BCUT2D eigenvalue weighted by Crippen LogP contribution is 2.41. The highest BCUT2D eigenvalue weighted by Gasteiger charge is 2.38. The molecule has 1 saturated carbocycles. The molecule has 1 N–H and O–H groups in total. The number of halogens is 3. The van der Waals surface area contributed by atoms with Gasteiger partial charge in [0.1, 0.15) is 23.0 Å². The summed E-state index contributed by atoms with van der Waals surface area (Å²) >= 11 is 0. The van der Waals surface area contributed by atoms with E-state index in [1.54, 1.807) is 43.4 Å². The van der Waals surface area contributed by atoms with Crippen LogP contribution < -0.4 is 9.47 Å². The zero-order valence-electron chi connectivity index (χ0n) is 22.2. The number of rotatable bonds is 10. The van der Waals surface area contributed by atoms with Crippen molar-refractivity contribution in [1.29, 1.82) is 0 Å². The molecule has 1 fully saturated rings. The predicted molar refractivity (Wildman–Crippen MR) is 143 cm³/mol. The SMILES string of the molecule is C=C(O)C(C)(CC1CC1)Oc1ccc(Oc2cccc(C(=O)N(C)Cc3ccc(C(F)(F)F)cc3)c2)cc1C. The van der Waals surface area contributed by atoms with E-state index in [1.807, 2.05) is 19.9 Å². The highest BCUT2D eigenvalue weighted by molar-refractivity contribution is 5.94. The van der Waals surface area contributed by atoms with Crippen molar-refractivity contribution < 1.29 is 32.5 Å². The third-order valence-electron chi connectivity index (χ3n) is 6.83. The lowest BCUT2D eigenvalue weighted by atomic mass is 9.96. The lowest BCUT2D eigenvalue weighted by Crippen LogP contribution is -2.35. The quantitative estimate of drug-likeness (QED) is 0.265. The minimum atomic E-state index is -4.40. The molecule has 0 bridgehead atoms. The number of amides is 1. The maximum absolute atomic E-state index is 13.0. The topological polar surface area (TPSA) is 59.0 Å². The maximum Gasteiger partial charge on any atom is 0.416 e. The van der Waals surface area contributed by atoms with E-state index in [0.717, 1.165) is 30.5 Å². The van der Waals surface area contributed by atoms with Gasteiger partial charge in [0.05, 0.1) is 5.56 Å². The van der Waals surface area contributed by atoms with Crippen molar-refractivity contribution in [3.8, 4) is 17.2 Å². The number of ether oxygens (including phenoxy) is 2. The van der Waals surface area contributed by atoms with E-state index in [2.05, 4.69) is 6.58 Å². The van der Waals surface area contributed by atoms with Crippen LogP contribution in [0.2, 0.25) is 0 Å². The van der Waals surface area contributed by atoms with E-state index in [0.29, 0.717) is 40.7 Å². The molecule has 0 radical (unpaired) electrons. The van der Waals surface area contributed by atoms with Gasteiger partial charge in [0, 0.05) is 19.2 Å². The Bertz CT molecular complexity index is 1350. The normalized spacial score (nSPS) is 14.8. The van der Waals surface area contributed by atoms with Crippen LogP contribution in [0.3, 0.4) is 0 Å². The molecule has 39 heavy (non-hydrogen) atoms. The third-order valence-corrected chi connectivity index (χ3v) is 6.83. The largest absolute Gasteiger partial charge is 0.509 e. The molecule has 1 atom stereocenters. The molecule has 5 nitrogen and oxygen atoms in total. The summed E-state index contributed by atoms with van der Waals surface area (Å²) in [5.74, 6) is 1.87. The van der Waals surface area contributed by atoms with E-state index in [4.69, 9.17) is 9.47 Å². The molecule has 1 aliphatic carbocycles. The van der Waals surface area contributed by atoms with Gasteiger partial charge in [0.15, 0.2) is 5.60 Å². The molecule has 4 rings (SSSR count). The summed E-state index contributed by atoms with van der Waals surface area (Å²) in [7, 11) is 1.59. The van der Waals surface area contributed by atoms with Gasteiger partial charge in [-0.25, -0.2) is 0 Å². The van der Waals surface area contributed by atoms with Crippen LogP contribution in [0.5, 0.6) is 17.2 Å². The Kier molecular flexibility index (Phi) is 7.95. The average Bonchev–Trinajstić information content (AvgIpc) is 3.69. The van der Waals surface area contributed by atoms with Crippen LogP contribution in [0.4, 0.5) is 13.2 Å². The number of nitrogens with zero attached hydrogens (tertiary/aromatic N) is 1. The first kappa shape index (κ1) is 28.1. The van der Waals surface area contributed by atoms with Crippen molar-refractivity contribution in [1.82, 2.24) is 4.90 Å². The minimum absolute atomic E-state index is 0.00102. The predicted octanol–water partition coefficient (Wildman–Crippen LogP) is 8.09. The van der Waals surface area contributed by atoms with Crippen LogP contribution in [0.15, 0.2) is 79.1 Å². The minimum Gasteiger partial charge on any atom is -0.509 e. The second-order valence-electron chi connectivity index (χ2n) is 10.3. The Balaban J connectivity index is 1.41. The molecule has 3 aromatic rings. The Morgan fingerprint density at radius 2 is 1.72 bits per heavy atom. The van der Waals surface area contributed by atoms with Gasteiger partial charge in [0.2, 0.25) is 0 Å². The number of carbonyl (C=O) groups excluding carboxylic acids is 1. The van der Waals surface area contributed by atoms with Gasteiger partial charge in [-0.15, -0.1) is 0 Å². The van der Waals surface area contributed by atoms with Crippen molar-refractivity contribution in [2.45, 2.75) is 51.4 Å². The fourth-order valence-corrected chi connectivity index (χ4v) is 4.33. The third kappa shape index (κ3) is 7.13. The summed E-state index contributed by atoms with van der Waals surface area (Å²) in [5.41, 5.74) is 0.193. The number of hydrogen-bond donors (Lipinski definition) is 1. The van der Waals surface area contributed by atoms with Crippen LogP contribution in [0.1, 0.15) is 53.2 Å². The smallest absolute Gasteiger partial charge is 0.416 e. The number of aliphatic hydroxyl groups excluding tert-OH is 1. The van der Waals surface area contributed by atoms with Crippen molar-refractivity contribution in [3.05, 3.63) is 101 Å². The summed E-state index contributed by atoms with van der Waals surface area (Å²) in [5, 5.41) is 10.2. The van der Waals surface area contributed by atoms with Gasteiger partial charge >= 0.3 is 6.18 Å². The van der Waals surface area contributed by atoms with E-state index < -0.39 is 17.3 Å². The van der Waals surface area contributed by atoms with Gasteiger partial charge in [-0.3, -0.25) is 4.79 Å². The molecule has 0 spiro atoms. The second-order valence-corrected chi connectivity index (χ2v) is 10.3. The standard InChI is InChI=1S/C31H32F3NO4/c1-20-16-27(14-15-28(20)39-30(3,21(2)36)18-22-8-9-22)38-26-7-5-6-24(17-26)29(37)35(4)19-23-10-12-25(13-11-23)31(32,33)34/h5-7,10-17,22,36H,2,8-9,18-19H2,1,3-4H3. The molecular weight excluding hydrogens is 507 g/mol. The van der Waals surface area contributed by atoms with E-state index in [1.165, 1.54) is 17.0 Å². The summed E-state index contributed by atoms with van der Waals surface area (Å²) in [6.45, 7) is 7.59. The number of benzene rings is 3. The fourth-order valence-electron chi connectivity index (χ4n) is 4.33. The van der Waals surface area contributed by atoms with Gasteiger partial charge in [-0.05, 0) is 85.8 Å². The van der Waals surface area contributed by atoms with Gasteiger partial charge in [-0.1, -0.05) is 37.6 Å². The summed E-state index contributed by atoms with van der Waals surface area (Å²) < 4.78 is 50.6. The number of hydrogen-bond acceptors (Lipinski definition) is 4. The van der Waals surface area contributed by atoms with E-state index >= 15 is 0 Å². The molecule has 8 heteroatoms. The number of aliphatic hydroxyl groups is 1. The molecule has 1 aliphatic rings. The molecule has 1 amide bonds. The average molecular weight is 540 g/mol. The van der Waals surface area contributed by atoms with Crippen LogP contribution >= 0.6 is 0 Å². The van der Waals surface area contributed by atoms with Crippen molar-refractivity contribution in [2.75, 3.05) is 7.05 Å². The lowest BCUT2D eigenvalue weighted by Gasteiger charge is -2.30. The summed E-state index contributed by atoms with van der Waals surface area (Å²) in [6.07, 6.45) is -1.44. The first-order valence-electron chi connectivity index (χ1n) is 12.7. The molecule has 3 aromatic carbocycles. The molecular formula is C31H32F3NO4. The summed E-state index contributed by atoms with van der Waals surface area (Å²) in [4.78, 5) is 14.4. The monoisotopic (exact) mass is 539 g/mol. The van der Waals surface area contributed by atoms with E-state index in [9.17, 15) is 23.1 Å². The van der Waals surface area contributed by atoms with Gasteiger partial charge in [-0.2, -0.15) is 13.2 Å². The summed E-state index contributed by atoms with van der Waals surface area (Å²) in [6, 6.07) is 16.8. The van der Waals surface area contributed by atoms with Gasteiger partial charge in [0.25, 0.3) is 5.91 Å². The molecule has 206 valence electrons. The zero-order valence-corrected chi connectivity index (χ0v) is 22.2.